The zero-order valence-corrected chi connectivity index (χ0v) is 27.1. The summed E-state index contributed by atoms with van der Waals surface area (Å²) in [5.41, 5.74) is 9.14. The number of nitrogens with two attached hydrogens (primary N) is 1. The predicted octanol–water partition coefficient (Wildman–Crippen LogP) is 3.25. The maximum absolute atomic E-state index is 12.8. The van der Waals surface area contributed by atoms with E-state index in [4.69, 9.17) is 15.2 Å². The van der Waals surface area contributed by atoms with Crippen molar-refractivity contribution in [3.8, 4) is 17.8 Å². The predicted molar refractivity (Wildman–Crippen MR) is 175 cm³/mol. The molecule has 13 nitrogen and oxygen atoms in total. The Balaban J connectivity index is 1.14. The van der Waals surface area contributed by atoms with Crippen molar-refractivity contribution in [2.24, 2.45) is 0 Å². The SMILES string of the molecule is CCCCOc1nc(N)c2cc(C#N)n(Cc3ccc(CN4CCN(C(=O)CCCCCN5C(=O)C=CC5=O)CC4)cc3OC)c2n1. The molecule has 2 N–H and O–H groups in total. The van der Waals surface area contributed by atoms with Gasteiger partial charge in [-0.05, 0) is 37.0 Å². The van der Waals surface area contributed by atoms with Crippen molar-refractivity contribution in [2.75, 3.05) is 52.2 Å². The Morgan fingerprint density at radius 2 is 1.77 bits per heavy atom. The minimum absolute atomic E-state index is 0.145. The molecule has 1 aromatic carbocycles. The summed E-state index contributed by atoms with van der Waals surface area (Å²) in [6.45, 7) is 6.92. The number of imide groups is 1. The monoisotopic (exact) mass is 642 g/mol. The third kappa shape index (κ3) is 8.07. The Morgan fingerprint density at radius 3 is 2.47 bits per heavy atom. The molecule has 3 amide bonds. The van der Waals surface area contributed by atoms with Gasteiger partial charge in [-0.15, -0.1) is 0 Å². The molecular formula is C34H42N8O5. The molecule has 248 valence electrons. The summed E-state index contributed by atoms with van der Waals surface area (Å²) in [7, 11) is 1.63. The number of rotatable bonds is 15. The first-order valence-electron chi connectivity index (χ1n) is 16.2. The number of benzene rings is 1. The second-order valence-corrected chi connectivity index (χ2v) is 11.8. The fourth-order valence-corrected chi connectivity index (χ4v) is 5.89. The molecule has 0 radical (unpaired) electrons. The summed E-state index contributed by atoms with van der Waals surface area (Å²) < 4.78 is 13.3. The first-order valence-corrected chi connectivity index (χ1v) is 16.2. The van der Waals surface area contributed by atoms with Crippen molar-refractivity contribution in [1.82, 2.24) is 29.2 Å². The lowest BCUT2D eigenvalue weighted by Gasteiger charge is -2.35. The number of methoxy groups -OCH3 is 1. The molecule has 1 saturated heterocycles. The van der Waals surface area contributed by atoms with Crippen molar-refractivity contribution >= 4 is 34.6 Å². The maximum atomic E-state index is 12.8. The van der Waals surface area contributed by atoms with Crippen molar-refractivity contribution in [3.05, 3.63) is 53.2 Å². The zero-order valence-electron chi connectivity index (χ0n) is 27.1. The van der Waals surface area contributed by atoms with Crippen LogP contribution in [0.2, 0.25) is 0 Å². The van der Waals surface area contributed by atoms with Gasteiger partial charge in [-0.2, -0.15) is 15.2 Å². The standard InChI is InChI=1S/C34H42N8O5/c1-3-4-18-47-34-37-32(36)27-20-26(21-35)42(33(27)38-34)23-25-10-9-24(19-28(25)46-2)22-39-14-16-40(17-15-39)29(43)8-6-5-7-13-41-30(44)11-12-31(41)45/h9-12,19-20H,3-8,13-18,22-23H2,1-2H3,(H2,36,37,38). The van der Waals surface area contributed by atoms with E-state index in [1.54, 1.807) is 17.7 Å². The molecule has 2 aliphatic rings. The van der Waals surface area contributed by atoms with Gasteiger partial charge in [0, 0.05) is 63.4 Å². The van der Waals surface area contributed by atoms with E-state index in [1.165, 1.54) is 17.1 Å². The lowest BCUT2D eigenvalue weighted by atomic mass is 10.1. The lowest BCUT2D eigenvalue weighted by Crippen LogP contribution is -2.48. The smallest absolute Gasteiger partial charge is 0.320 e. The number of unbranched alkanes of at least 4 members (excludes halogenated alkanes) is 3. The average Bonchev–Trinajstić information content (AvgIpc) is 3.60. The molecule has 0 saturated carbocycles. The summed E-state index contributed by atoms with van der Waals surface area (Å²) in [6, 6.07) is 10.2. The van der Waals surface area contributed by atoms with Crippen LogP contribution in [0.1, 0.15) is 62.3 Å². The minimum Gasteiger partial charge on any atom is -0.496 e. The highest BCUT2D eigenvalue weighted by molar-refractivity contribution is 6.12. The van der Waals surface area contributed by atoms with Crippen LogP contribution < -0.4 is 15.2 Å². The van der Waals surface area contributed by atoms with Crippen LogP contribution in [0.3, 0.4) is 0 Å². The Bertz CT molecular complexity index is 1670. The molecule has 4 heterocycles. The molecule has 2 aromatic heterocycles. The fraction of sp³-hybridized carbons (Fsp3) is 0.471. The quantitative estimate of drug-likeness (QED) is 0.193. The van der Waals surface area contributed by atoms with E-state index in [1.807, 2.05) is 17.0 Å². The molecule has 0 spiro atoms. The van der Waals surface area contributed by atoms with Crippen LogP contribution in [0.15, 0.2) is 36.4 Å². The van der Waals surface area contributed by atoms with Crippen molar-refractivity contribution in [3.63, 3.8) is 0 Å². The number of aromatic nitrogens is 3. The van der Waals surface area contributed by atoms with Gasteiger partial charge in [-0.25, -0.2) is 0 Å². The number of nitrogens with zero attached hydrogens (tertiary/aromatic N) is 7. The van der Waals surface area contributed by atoms with Gasteiger partial charge >= 0.3 is 6.01 Å². The third-order valence-electron chi connectivity index (χ3n) is 8.59. The summed E-state index contributed by atoms with van der Waals surface area (Å²) in [5.74, 6) is 0.596. The van der Waals surface area contributed by atoms with E-state index in [0.717, 1.165) is 56.4 Å². The summed E-state index contributed by atoms with van der Waals surface area (Å²) in [4.78, 5) is 50.4. The molecule has 1 fully saturated rings. The number of carbonyl (C=O) groups excluding carboxylic acids is 3. The molecular weight excluding hydrogens is 600 g/mol. The summed E-state index contributed by atoms with van der Waals surface area (Å²) in [5, 5.41) is 10.5. The number of carbonyl (C=O) groups is 3. The van der Waals surface area contributed by atoms with E-state index in [9.17, 15) is 19.6 Å². The van der Waals surface area contributed by atoms with E-state index in [0.29, 0.717) is 68.1 Å². The molecule has 13 heteroatoms. The Morgan fingerprint density at radius 1 is 1.00 bits per heavy atom. The van der Waals surface area contributed by atoms with E-state index in [-0.39, 0.29) is 29.5 Å². The van der Waals surface area contributed by atoms with Gasteiger partial charge < -0.3 is 24.7 Å². The first-order chi connectivity index (χ1) is 22.8. The number of ether oxygens (including phenoxy) is 2. The summed E-state index contributed by atoms with van der Waals surface area (Å²) >= 11 is 0. The molecule has 5 rings (SSSR count). The van der Waals surface area contributed by atoms with Gasteiger partial charge in [0.1, 0.15) is 23.3 Å². The number of nitriles is 1. The van der Waals surface area contributed by atoms with Crippen molar-refractivity contribution in [2.45, 2.75) is 58.5 Å². The van der Waals surface area contributed by atoms with Crippen LogP contribution in [0.5, 0.6) is 11.8 Å². The van der Waals surface area contributed by atoms with Crippen LogP contribution in [0.25, 0.3) is 11.0 Å². The number of hydrogen-bond donors (Lipinski definition) is 1. The molecule has 0 unspecified atom stereocenters. The Labute approximate surface area is 274 Å². The molecule has 0 bridgehead atoms. The van der Waals surface area contributed by atoms with Gasteiger partial charge in [0.2, 0.25) is 5.91 Å². The molecule has 3 aromatic rings. The van der Waals surface area contributed by atoms with Gasteiger partial charge in [0.15, 0.2) is 5.65 Å². The van der Waals surface area contributed by atoms with Gasteiger partial charge in [0.05, 0.1) is 25.6 Å². The largest absolute Gasteiger partial charge is 0.496 e. The number of anilines is 1. The van der Waals surface area contributed by atoms with Crippen molar-refractivity contribution in [1.29, 1.82) is 5.26 Å². The Kier molecular flexibility index (Phi) is 11.1. The maximum Gasteiger partial charge on any atom is 0.320 e. The van der Waals surface area contributed by atoms with Gasteiger partial charge in [-0.3, -0.25) is 24.2 Å². The molecule has 0 atom stereocenters. The lowest BCUT2D eigenvalue weighted by molar-refractivity contribution is -0.137. The average molecular weight is 643 g/mol. The second kappa shape index (κ2) is 15.6. The minimum atomic E-state index is -0.262. The fourth-order valence-electron chi connectivity index (χ4n) is 5.89. The van der Waals surface area contributed by atoms with Gasteiger partial charge in [0.25, 0.3) is 11.8 Å². The number of piperazine rings is 1. The Hall–Kier alpha value is -4.96. The number of nitrogen functional groups attached to an aromatic ring is 1. The van der Waals surface area contributed by atoms with E-state index < -0.39 is 0 Å². The van der Waals surface area contributed by atoms with Crippen LogP contribution in [-0.2, 0) is 27.5 Å². The third-order valence-corrected chi connectivity index (χ3v) is 8.59. The van der Waals surface area contributed by atoms with E-state index in [2.05, 4.69) is 33.9 Å². The van der Waals surface area contributed by atoms with Crippen LogP contribution in [0.4, 0.5) is 5.82 Å². The molecule has 2 aliphatic heterocycles. The normalized spacial score (nSPS) is 15.1. The topological polar surface area (TPSA) is 160 Å². The first kappa shape index (κ1) is 33.4. The number of amides is 3. The molecule has 47 heavy (non-hydrogen) atoms. The van der Waals surface area contributed by atoms with Gasteiger partial charge in [-0.1, -0.05) is 31.9 Å². The number of hydrogen-bond acceptors (Lipinski definition) is 10. The van der Waals surface area contributed by atoms with E-state index >= 15 is 0 Å². The van der Waals surface area contributed by atoms with Crippen LogP contribution >= 0.6 is 0 Å². The molecule has 0 aliphatic carbocycles. The number of fused-ring (bicyclic) bond motifs is 1. The van der Waals surface area contributed by atoms with Crippen LogP contribution in [0, 0.1) is 11.3 Å². The highest BCUT2D eigenvalue weighted by Gasteiger charge is 2.24. The highest BCUT2D eigenvalue weighted by Crippen LogP contribution is 2.29. The van der Waals surface area contributed by atoms with Crippen LogP contribution in [-0.4, -0.2) is 93.4 Å². The highest BCUT2D eigenvalue weighted by atomic mass is 16.5. The zero-order chi connectivity index (χ0) is 33.3. The second-order valence-electron chi connectivity index (χ2n) is 11.8. The summed E-state index contributed by atoms with van der Waals surface area (Å²) in [6.07, 6.45) is 7.13. The van der Waals surface area contributed by atoms with Crippen molar-refractivity contribution < 1.29 is 23.9 Å².